The van der Waals surface area contributed by atoms with E-state index in [4.69, 9.17) is 46.9 Å². The molecule has 3 fully saturated rings. The summed E-state index contributed by atoms with van der Waals surface area (Å²) in [6.45, 7) is 3.20. The fraction of sp³-hybridized carbons (Fsp3) is 0.311. The number of carbonyl (C=O) groups excluding carboxylic acids is 2. The van der Waals surface area contributed by atoms with Gasteiger partial charge in [0.05, 0.1) is 26.2 Å². The highest BCUT2D eigenvalue weighted by Crippen LogP contribution is 2.36. The molecule has 2 N–H and O–H groups in total. The maximum Gasteiger partial charge on any atom is 0.338 e. The van der Waals surface area contributed by atoms with Gasteiger partial charge in [0.1, 0.15) is 34.6 Å². The van der Waals surface area contributed by atoms with Crippen molar-refractivity contribution in [1.29, 1.82) is 0 Å². The fourth-order valence-electron chi connectivity index (χ4n) is 7.65. The second kappa shape index (κ2) is 19.3. The molecule has 298 valence electrons. The average molecular weight is 814 g/mol. The van der Waals surface area contributed by atoms with Crippen LogP contribution in [0.25, 0.3) is 0 Å². The number of H-pyrrole nitrogens is 1. The van der Waals surface area contributed by atoms with Crippen LogP contribution < -0.4 is 19.2 Å². The molecule has 2 unspecified atom stereocenters. The van der Waals surface area contributed by atoms with Crippen LogP contribution in [-0.4, -0.2) is 62.3 Å². The van der Waals surface area contributed by atoms with Crippen LogP contribution >= 0.6 is 23.2 Å². The first kappa shape index (κ1) is 41.5. The van der Waals surface area contributed by atoms with Gasteiger partial charge in [0.15, 0.2) is 23.9 Å². The molecule has 0 radical (unpaired) electrons. The summed E-state index contributed by atoms with van der Waals surface area (Å²) in [4.78, 5) is 32.5. The maximum atomic E-state index is 13.8. The molecule has 5 aromatic rings. The lowest BCUT2D eigenvalue weighted by Gasteiger charge is -2.44. The number of carbonyl (C=O) groups is 2. The number of methoxy groups -OCH3 is 2. The van der Waals surface area contributed by atoms with Gasteiger partial charge in [-0.25, -0.2) is 9.78 Å². The van der Waals surface area contributed by atoms with Crippen LogP contribution in [0.4, 0.5) is 0 Å². The number of hydrogen-bond donors (Lipinski definition) is 0. The van der Waals surface area contributed by atoms with E-state index in [-0.39, 0.29) is 42.9 Å². The van der Waals surface area contributed by atoms with E-state index in [1.165, 1.54) is 0 Å². The second-order valence-corrected chi connectivity index (χ2v) is 15.1. The first-order chi connectivity index (χ1) is 27.3. The molecule has 10 nitrogen and oxygen atoms in total. The summed E-state index contributed by atoms with van der Waals surface area (Å²) >= 11 is 13.0. The van der Waals surface area contributed by atoms with Gasteiger partial charge in [0.2, 0.25) is 0 Å². The third kappa shape index (κ3) is 10.3. The molecule has 3 atom stereocenters. The van der Waals surface area contributed by atoms with Crippen molar-refractivity contribution in [2.45, 2.75) is 50.4 Å². The summed E-state index contributed by atoms with van der Waals surface area (Å²) in [5.41, 5.74) is 4.42. The first-order valence-electron chi connectivity index (χ1n) is 18.8. The minimum Gasteiger partial charge on any atom is -0.870 e. The van der Waals surface area contributed by atoms with Crippen LogP contribution in [0, 0.1) is 5.92 Å². The van der Waals surface area contributed by atoms with E-state index in [2.05, 4.69) is 9.88 Å². The Kier molecular flexibility index (Phi) is 14.1. The van der Waals surface area contributed by atoms with Crippen molar-refractivity contribution in [3.05, 3.63) is 153 Å². The largest absolute Gasteiger partial charge is 0.870 e. The molecular formula is C45H46Cl2N2O8. The number of piperidine rings is 3. The van der Waals surface area contributed by atoms with E-state index in [0.29, 0.717) is 49.9 Å². The van der Waals surface area contributed by atoms with Crippen molar-refractivity contribution >= 4 is 35.1 Å². The molecular weight excluding hydrogens is 767 g/mol. The summed E-state index contributed by atoms with van der Waals surface area (Å²) in [5, 5.41) is 0.837. The average Bonchev–Trinajstić information content (AvgIpc) is 3.23. The molecule has 12 heteroatoms. The van der Waals surface area contributed by atoms with Crippen molar-refractivity contribution < 1.29 is 43.7 Å². The summed E-state index contributed by atoms with van der Waals surface area (Å²) < 4.78 is 29.5. The number of ether oxygens (including phenoxy) is 5. The topological polar surface area (TPSA) is 128 Å². The zero-order valence-corrected chi connectivity index (χ0v) is 33.4. The summed E-state index contributed by atoms with van der Waals surface area (Å²) in [7, 11) is 3.10. The highest BCUT2D eigenvalue weighted by atomic mass is 35.5. The van der Waals surface area contributed by atoms with Crippen molar-refractivity contribution in [3.8, 4) is 17.2 Å². The smallest absolute Gasteiger partial charge is 0.338 e. The SMILES string of the molecule is COc1ccc(C(Cc2c(Cl)c[nH+]cc2Cl)OC(=O)c2cccc(COc3cccc(C(CC(=O)O[C@H]4CN5CCC4CC5)c4ccccc4)c3)c2)cc1OC.[OH-]. The summed E-state index contributed by atoms with van der Waals surface area (Å²) in [5.74, 6) is 1.21. The number of aromatic amines is 1. The Morgan fingerprint density at radius 1 is 0.807 bits per heavy atom. The van der Waals surface area contributed by atoms with Crippen LogP contribution in [-0.2, 0) is 27.3 Å². The lowest BCUT2D eigenvalue weighted by molar-refractivity contribution is -0.377. The van der Waals surface area contributed by atoms with Gasteiger partial charge in [0, 0.05) is 24.4 Å². The third-order valence-corrected chi connectivity index (χ3v) is 11.4. The molecule has 1 aromatic heterocycles. The molecule has 0 amide bonds. The van der Waals surface area contributed by atoms with Crippen molar-refractivity contribution in [1.82, 2.24) is 4.90 Å². The minimum atomic E-state index is -0.757. The molecule has 3 aliphatic rings. The van der Waals surface area contributed by atoms with Crippen molar-refractivity contribution in [2.75, 3.05) is 33.9 Å². The second-order valence-electron chi connectivity index (χ2n) is 14.2. The van der Waals surface area contributed by atoms with Gasteiger partial charge < -0.3 is 29.2 Å². The Labute approximate surface area is 342 Å². The van der Waals surface area contributed by atoms with Gasteiger partial charge in [0.25, 0.3) is 0 Å². The van der Waals surface area contributed by atoms with Gasteiger partial charge in [-0.2, -0.15) is 0 Å². The molecule has 2 bridgehead atoms. The van der Waals surface area contributed by atoms with Crippen LogP contribution in [0.1, 0.15) is 69.5 Å². The number of nitrogens with one attached hydrogen (secondary N) is 1. The van der Waals surface area contributed by atoms with Gasteiger partial charge in [-0.15, -0.1) is 0 Å². The molecule has 0 saturated carbocycles. The van der Waals surface area contributed by atoms with E-state index in [0.717, 1.165) is 49.2 Å². The Morgan fingerprint density at radius 3 is 2.23 bits per heavy atom. The number of aromatic nitrogens is 1. The Hall–Kier alpha value is -5.13. The Bertz CT molecular complexity index is 2120. The maximum absolute atomic E-state index is 13.8. The molecule has 3 saturated heterocycles. The van der Waals surface area contributed by atoms with E-state index < -0.39 is 12.1 Å². The van der Waals surface area contributed by atoms with E-state index in [1.54, 1.807) is 56.9 Å². The molecule has 57 heavy (non-hydrogen) atoms. The van der Waals surface area contributed by atoms with Crippen molar-refractivity contribution in [2.24, 2.45) is 5.92 Å². The van der Waals surface area contributed by atoms with E-state index in [1.807, 2.05) is 66.7 Å². The number of esters is 2. The summed E-state index contributed by atoms with van der Waals surface area (Å²) in [6.07, 6.45) is 5.08. The predicted molar refractivity (Wildman–Crippen MR) is 216 cm³/mol. The minimum absolute atomic E-state index is 0. The quantitative estimate of drug-likeness (QED) is 0.0956. The lowest BCUT2D eigenvalue weighted by Crippen LogP contribution is -2.52. The first-order valence-corrected chi connectivity index (χ1v) is 19.6. The normalized spacial score (nSPS) is 18.1. The highest BCUT2D eigenvalue weighted by Gasteiger charge is 2.37. The molecule has 4 aromatic carbocycles. The molecule has 3 aliphatic heterocycles. The molecule has 0 aliphatic carbocycles. The van der Waals surface area contributed by atoms with Crippen LogP contribution in [0.2, 0.25) is 10.0 Å². The molecule has 8 rings (SSSR count). The Balaban J connectivity index is 0.00000549. The third-order valence-electron chi connectivity index (χ3n) is 10.7. The highest BCUT2D eigenvalue weighted by molar-refractivity contribution is 6.35. The number of halogens is 2. The predicted octanol–water partition coefficient (Wildman–Crippen LogP) is 8.53. The van der Waals surface area contributed by atoms with Crippen molar-refractivity contribution in [3.63, 3.8) is 0 Å². The monoisotopic (exact) mass is 812 g/mol. The van der Waals surface area contributed by atoms with E-state index in [9.17, 15) is 9.59 Å². The fourth-order valence-corrected chi connectivity index (χ4v) is 8.18. The standard InChI is InChI=1S/C45H44Cl2N2O7.H2O/c1-52-40-15-14-33(22-42(40)53-2)41(23-37-38(46)25-48-26-39(37)47)56-45(51)34-12-6-8-29(20-34)28-54-35-13-7-11-32(21-35)36(30-9-4-3-5-10-30)24-44(50)55-43-27-49-18-16-31(43)17-19-49;/h3-15,20-22,25-26,31,36,41,43H,16-19,23-24,27-28H2,1-2H3;1H2/t36?,41?,43-;/m0./s1. The molecule has 4 heterocycles. The number of fused-ring (bicyclic) bond motifs is 3. The number of nitrogens with zero attached hydrogens (tertiary/aromatic N) is 1. The van der Waals surface area contributed by atoms with Crippen LogP contribution in [0.5, 0.6) is 17.2 Å². The number of hydrogen-bond acceptors (Lipinski definition) is 9. The number of rotatable bonds is 15. The zero-order chi connectivity index (χ0) is 39.0. The van der Waals surface area contributed by atoms with Gasteiger partial charge in [-0.1, -0.05) is 83.9 Å². The zero-order valence-electron chi connectivity index (χ0n) is 31.9. The molecule has 0 spiro atoms. The number of pyridine rings is 1. The lowest BCUT2D eigenvalue weighted by atomic mass is 9.85. The van der Waals surface area contributed by atoms with Gasteiger partial charge in [-0.05, 0) is 90.5 Å². The Morgan fingerprint density at radius 2 is 1.53 bits per heavy atom. The van der Waals surface area contributed by atoms with E-state index >= 15 is 0 Å². The van der Waals surface area contributed by atoms with Gasteiger partial charge in [-0.3, -0.25) is 9.69 Å². The summed E-state index contributed by atoms with van der Waals surface area (Å²) in [6, 6.07) is 30.3. The van der Waals surface area contributed by atoms with Crippen LogP contribution in [0.3, 0.4) is 0 Å². The number of benzene rings is 4. The van der Waals surface area contributed by atoms with Gasteiger partial charge >= 0.3 is 11.9 Å². The van der Waals surface area contributed by atoms with Crippen LogP contribution in [0.15, 0.2) is 109 Å².